The summed E-state index contributed by atoms with van der Waals surface area (Å²) in [4.78, 5) is 8.76. The number of nitrogens with one attached hydrogen (secondary N) is 3. The second-order valence-electron chi connectivity index (χ2n) is 4.20. The lowest BCUT2D eigenvalue weighted by atomic mass is 10.4. The lowest BCUT2D eigenvalue weighted by Gasteiger charge is -2.10. The molecule has 0 amide bonds. The number of aliphatic imine (C=N–C) groups is 1. The SMILES string of the molecule is CCNC(=NCc1nc(-c2ccco2)n[nH]1)NCCOC.I. The average molecular weight is 420 g/mol. The molecular formula is C13H21IN6O2. The molecule has 122 valence electrons. The normalized spacial score (nSPS) is 11.1. The van der Waals surface area contributed by atoms with Gasteiger partial charge >= 0.3 is 0 Å². The molecule has 0 fully saturated rings. The number of ether oxygens (including phenoxy) is 1. The summed E-state index contributed by atoms with van der Waals surface area (Å²) in [5.41, 5.74) is 0. The number of H-pyrrole nitrogens is 1. The Morgan fingerprint density at radius 1 is 1.45 bits per heavy atom. The first kappa shape index (κ1) is 18.4. The van der Waals surface area contributed by atoms with Gasteiger partial charge in [0.15, 0.2) is 11.7 Å². The quantitative estimate of drug-likeness (QED) is 0.271. The van der Waals surface area contributed by atoms with E-state index in [1.165, 1.54) is 0 Å². The highest BCUT2D eigenvalue weighted by Crippen LogP contribution is 2.14. The van der Waals surface area contributed by atoms with Gasteiger partial charge in [-0.15, -0.1) is 29.1 Å². The molecule has 8 nitrogen and oxygen atoms in total. The molecular weight excluding hydrogens is 399 g/mol. The zero-order valence-corrected chi connectivity index (χ0v) is 15.0. The van der Waals surface area contributed by atoms with Gasteiger partial charge in [-0.1, -0.05) is 0 Å². The highest BCUT2D eigenvalue weighted by molar-refractivity contribution is 14.0. The number of methoxy groups -OCH3 is 1. The third-order valence-electron chi connectivity index (χ3n) is 2.60. The Bertz CT molecular complexity index is 555. The summed E-state index contributed by atoms with van der Waals surface area (Å²) in [5.74, 6) is 2.55. The van der Waals surface area contributed by atoms with E-state index in [0.717, 1.165) is 6.54 Å². The molecule has 2 heterocycles. The molecule has 2 rings (SSSR count). The van der Waals surface area contributed by atoms with Crippen molar-refractivity contribution in [3.05, 3.63) is 24.2 Å². The maximum Gasteiger partial charge on any atom is 0.216 e. The molecule has 0 aromatic carbocycles. The van der Waals surface area contributed by atoms with Crippen molar-refractivity contribution < 1.29 is 9.15 Å². The van der Waals surface area contributed by atoms with Gasteiger partial charge in [-0.05, 0) is 19.1 Å². The molecule has 0 aliphatic rings. The Balaban J connectivity index is 0.00000242. The average Bonchev–Trinajstić information content (AvgIpc) is 3.15. The van der Waals surface area contributed by atoms with Crippen molar-refractivity contribution in [1.29, 1.82) is 0 Å². The molecule has 9 heteroatoms. The van der Waals surface area contributed by atoms with Gasteiger partial charge in [0.25, 0.3) is 0 Å². The number of nitrogens with zero attached hydrogens (tertiary/aromatic N) is 3. The van der Waals surface area contributed by atoms with Gasteiger partial charge in [-0.2, -0.15) is 0 Å². The largest absolute Gasteiger partial charge is 0.461 e. The van der Waals surface area contributed by atoms with E-state index in [0.29, 0.717) is 43.1 Å². The molecule has 0 saturated heterocycles. The zero-order chi connectivity index (χ0) is 14.9. The minimum absolute atomic E-state index is 0. The van der Waals surface area contributed by atoms with E-state index in [1.54, 1.807) is 19.4 Å². The fraction of sp³-hybridized carbons (Fsp3) is 0.462. The van der Waals surface area contributed by atoms with Gasteiger partial charge in [0.2, 0.25) is 5.82 Å². The first-order valence-corrected chi connectivity index (χ1v) is 6.79. The number of hydrogen-bond donors (Lipinski definition) is 3. The molecule has 22 heavy (non-hydrogen) atoms. The van der Waals surface area contributed by atoms with Gasteiger partial charge in [0, 0.05) is 20.2 Å². The van der Waals surface area contributed by atoms with Crippen molar-refractivity contribution in [1.82, 2.24) is 25.8 Å². The first-order chi connectivity index (χ1) is 10.3. The van der Waals surface area contributed by atoms with Crippen LogP contribution in [0.15, 0.2) is 27.8 Å². The Morgan fingerprint density at radius 3 is 3.00 bits per heavy atom. The molecule has 0 bridgehead atoms. The highest BCUT2D eigenvalue weighted by Gasteiger charge is 2.07. The molecule has 0 saturated carbocycles. The number of halogens is 1. The molecule has 0 spiro atoms. The van der Waals surface area contributed by atoms with Crippen LogP contribution in [0.25, 0.3) is 11.6 Å². The fourth-order valence-electron chi connectivity index (χ4n) is 1.65. The van der Waals surface area contributed by atoms with Crippen LogP contribution in [0.5, 0.6) is 0 Å². The fourth-order valence-corrected chi connectivity index (χ4v) is 1.65. The van der Waals surface area contributed by atoms with E-state index >= 15 is 0 Å². The molecule has 3 N–H and O–H groups in total. The van der Waals surface area contributed by atoms with E-state index in [9.17, 15) is 0 Å². The smallest absolute Gasteiger partial charge is 0.216 e. The van der Waals surface area contributed by atoms with E-state index in [2.05, 4.69) is 30.8 Å². The lowest BCUT2D eigenvalue weighted by molar-refractivity contribution is 0.203. The van der Waals surface area contributed by atoms with Gasteiger partial charge < -0.3 is 19.8 Å². The van der Waals surface area contributed by atoms with Crippen LogP contribution in [0, 0.1) is 0 Å². The van der Waals surface area contributed by atoms with Crippen LogP contribution < -0.4 is 10.6 Å². The summed E-state index contributed by atoms with van der Waals surface area (Å²) < 4.78 is 10.2. The lowest BCUT2D eigenvalue weighted by Crippen LogP contribution is -2.38. The molecule has 2 aromatic rings. The summed E-state index contributed by atoms with van der Waals surface area (Å²) in [6.45, 7) is 4.51. The van der Waals surface area contributed by atoms with Crippen LogP contribution in [0.2, 0.25) is 0 Å². The van der Waals surface area contributed by atoms with Crippen LogP contribution in [-0.2, 0) is 11.3 Å². The zero-order valence-electron chi connectivity index (χ0n) is 12.6. The minimum atomic E-state index is 0. The van der Waals surface area contributed by atoms with Crippen LogP contribution in [0.4, 0.5) is 0 Å². The maximum absolute atomic E-state index is 5.24. The second-order valence-corrected chi connectivity index (χ2v) is 4.20. The van der Waals surface area contributed by atoms with Gasteiger partial charge in [0.1, 0.15) is 12.4 Å². The number of aromatic nitrogens is 3. The number of hydrogen-bond acceptors (Lipinski definition) is 5. The van der Waals surface area contributed by atoms with Gasteiger partial charge in [0.05, 0.1) is 12.9 Å². The van der Waals surface area contributed by atoms with Crippen LogP contribution in [0.3, 0.4) is 0 Å². The predicted molar refractivity (Wildman–Crippen MR) is 94.2 cm³/mol. The summed E-state index contributed by atoms with van der Waals surface area (Å²) >= 11 is 0. The van der Waals surface area contributed by atoms with Crippen LogP contribution in [-0.4, -0.2) is 47.9 Å². The molecule has 0 aliphatic heterocycles. The maximum atomic E-state index is 5.24. The van der Waals surface area contributed by atoms with Crippen molar-refractivity contribution in [2.24, 2.45) is 4.99 Å². The van der Waals surface area contributed by atoms with E-state index in [4.69, 9.17) is 9.15 Å². The first-order valence-electron chi connectivity index (χ1n) is 6.79. The molecule has 2 aromatic heterocycles. The number of furan rings is 1. The van der Waals surface area contributed by atoms with E-state index in [-0.39, 0.29) is 24.0 Å². The van der Waals surface area contributed by atoms with Gasteiger partial charge in [-0.3, -0.25) is 5.10 Å². The molecule has 0 unspecified atom stereocenters. The summed E-state index contributed by atoms with van der Waals surface area (Å²) in [7, 11) is 1.66. The van der Waals surface area contributed by atoms with Crippen molar-refractivity contribution in [2.75, 3.05) is 26.8 Å². The van der Waals surface area contributed by atoms with Crippen LogP contribution >= 0.6 is 24.0 Å². The third kappa shape index (κ3) is 5.64. The topological polar surface area (TPSA) is 100 Å². The number of rotatable bonds is 7. The molecule has 0 aliphatic carbocycles. The minimum Gasteiger partial charge on any atom is -0.461 e. The Hall–Kier alpha value is -1.62. The second kappa shape index (κ2) is 10.2. The van der Waals surface area contributed by atoms with Crippen molar-refractivity contribution in [2.45, 2.75) is 13.5 Å². The summed E-state index contributed by atoms with van der Waals surface area (Å²) in [5, 5.41) is 13.3. The van der Waals surface area contributed by atoms with Crippen molar-refractivity contribution in [3.8, 4) is 11.6 Å². The summed E-state index contributed by atoms with van der Waals surface area (Å²) in [6.07, 6.45) is 1.59. The standard InChI is InChI=1S/C13H20N6O2.HI/c1-3-14-13(15-6-8-20-2)16-9-11-17-12(19-18-11)10-5-4-7-21-10;/h4-5,7H,3,6,8-9H2,1-2H3,(H2,14,15,16)(H,17,18,19);1H. The highest BCUT2D eigenvalue weighted by atomic mass is 127. The molecule has 0 atom stereocenters. The predicted octanol–water partition coefficient (Wildman–Crippen LogP) is 1.38. The Labute approximate surface area is 146 Å². The van der Waals surface area contributed by atoms with Crippen molar-refractivity contribution in [3.63, 3.8) is 0 Å². The summed E-state index contributed by atoms with van der Waals surface area (Å²) in [6, 6.07) is 3.61. The third-order valence-corrected chi connectivity index (χ3v) is 2.60. The molecule has 0 radical (unpaired) electrons. The monoisotopic (exact) mass is 420 g/mol. The van der Waals surface area contributed by atoms with Gasteiger partial charge in [-0.25, -0.2) is 9.98 Å². The number of aromatic amines is 1. The van der Waals surface area contributed by atoms with E-state index < -0.39 is 0 Å². The number of guanidine groups is 1. The van der Waals surface area contributed by atoms with Crippen molar-refractivity contribution >= 4 is 29.9 Å². The Kier molecular flexibility index (Phi) is 8.51. The Morgan fingerprint density at radius 2 is 2.32 bits per heavy atom. The van der Waals surface area contributed by atoms with E-state index in [1.807, 2.05) is 13.0 Å². The van der Waals surface area contributed by atoms with Crippen LogP contribution in [0.1, 0.15) is 12.7 Å².